The van der Waals surface area contributed by atoms with Gasteiger partial charge in [-0.05, 0) is 19.1 Å². The maximum atomic E-state index is 5.37. The van der Waals surface area contributed by atoms with Gasteiger partial charge in [0.15, 0.2) is 0 Å². The van der Waals surface area contributed by atoms with Gasteiger partial charge in [-0.1, -0.05) is 0 Å². The smallest absolute Gasteiger partial charge is 0.247 e. The molecule has 0 saturated carbocycles. The second kappa shape index (κ2) is 3.16. The third-order valence-electron chi connectivity index (χ3n) is 2.47. The highest BCUT2D eigenvalue weighted by Crippen LogP contribution is 2.19. The van der Waals surface area contributed by atoms with Gasteiger partial charge in [0.25, 0.3) is 0 Å². The lowest BCUT2D eigenvalue weighted by Gasteiger charge is -1.98. The number of aromatic nitrogens is 4. The lowest BCUT2D eigenvalue weighted by Crippen LogP contribution is -1.87. The van der Waals surface area contributed by atoms with Crippen LogP contribution >= 0.6 is 0 Å². The van der Waals surface area contributed by atoms with Crippen LogP contribution in [-0.2, 0) is 0 Å². The Morgan fingerprint density at radius 3 is 2.88 bits per heavy atom. The number of fused-ring (bicyclic) bond motifs is 1. The van der Waals surface area contributed by atoms with Gasteiger partial charge in [0.1, 0.15) is 5.65 Å². The van der Waals surface area contributed by atoms with Crippen molar-refractivity contribution in [1.82, 2.24) is 19.6 Å². The molecule has 0 spiro atoms. The topological polar surface area (TPSA) is 56.2 Å². The van der Waals surface area contributed by atoms with Crippen molar-refractivity contribution in [1.29, 1.82) is 0 Å². The van der Waals surface area contributed by atoms with Crippen LogP contribution in [0.25, 0.3) is 17.1 Å². The Labute approximate surface area is 91.8 Å². The average Bonchev–Trinajstić information content (AvgIpc) is 2.86. The molecule has 0 atom stereocenters. The van der Waals surface area contributed by atoms with Crippen molar-refractivity contribution >= 4 is 5.65 Å². The summed E-state index contributed by atoms with van der Waals surface area (Å²) in [7, 11) is 0. The SMILES string of the molecule is Cc1nnc(-c2ccn3c(C)cnc3c2)o1. The highest BCUT2D eigenvalue weighted by molar-refractivity contribution is 5.59. The van der Waals surface area contributed by atoms with E-state index >= 15 is 0 Å². The summed E-state index contributed by atoms with van der Waals surface area (Å²) in [5.74, 6) is 1.09. The second-order valence-corrected chi connectivity index (χ2v) is 3.67. The fourth-order valence-corrected chi connectivity index (χ4v) is 1.65. The quantitative estimate of drug-likeness (QED) is 0.621. The van der Waals surface area contributed by atoms with Gasteiger partial charge in [0.2, 0.25) is 11.8 Å². The van der Waals surface area contributed by atoms with Crippen LogP contribution in [0.5, 0.6) is 0 Å². The summed E-state index contributed by atoms with van der Waals surface area (Å²) in [6, 6.07) is 3.87. The first-order valence-corrected chi connectivity index (χ1v) is 4.98. The largest absolute Gasteiger partial charge is 0.421 e. The third-order valence-corrected chi connectivity index (χ3v) is 2.47. The first-order chi connectivity index (χ1) is 7.74. The molecule has 0 N–H and O–H groups in total. The van der Waals surface area contributed by atoms with Crippen LogP contribution in [0.15, 0.2) is 28.9 Å². The van der Waals surface area contributed by atoms with E-state index in [4.69, 9.17) is 4.42 Å². The van der Waals surface area contributed by atoms with E-state index in [1.54, 1.807) is 6.92 Å². The summed E-state index contributed by atoms with van der Waals surface area (Å²) >= 11 is 0. The Hall–Kier alpha value is -2.17. The van der Waals surface area contributed by atoms with E-state index in [0.717, 1.165) is 16.9 Å². The Kier molecular flexibility index (Phi) is 1.80. The molecule has 0 bridgehead atoms. The Bertz CT molecular complexity index is 653. The number of rotatable bonds is 1. The maximum Gasteiger partial charge on any atom is 0.247 e. The zero-order valence-corrected chi connectivity index (χ0v) is 9.01. The van der Waals surface area contributed by atoms with Crippen molar-refractivity contribution in [2.45, 2.75) is 13.8 Å². The van der Waals surface area contributed by atoms with Gasteiger partial charge in [0, 0.05) is 30.6 Å². The molecule has 16 heavy (non-hydrogen) atoms. The molecule has 0 unspecified atom stereocenters. The summed E-state index contributed by atoms with van der Waals surface area (Å²) < 4.78 is 7.37. The number of aryl methyl sites for hydroxylation is 2. The van der Waals surface area contributed by atoms with E-state index < -0.39 is 0 Å². The van der Waals surface area contributed by atoms with Crippen molar-refractivity contribution in [2.24, 2.45) is 0 Å². The number of nitrogens with zero attached hydrogens (tertiary/aromatic N) is 4. The minimum atomic E-state index is 0.528. The molecule has 80 valence electrons. The van der Waals surface area contributed by atoms with Gasteiger partial charge < -0.3 is 8.82 Å². The Balaban J connectivity index is 2.18. The molecule has 0 amide bonds. The Morgan fingerprint density at radius 1 is 1.25 bits per heavy atom. The first-order valence-electron chi connectivity index (χ1n) is 4.98. The van der Waals surface area contributed by atoms with Crippen molar-refractivity contribution in [3.8, 4) is 11.5 Å². The van der Waals surface area contributed by atoms with Crippen molar-refractivity contribution in [3.05, 3.63) is 36.1 Å². The van der Waals surface area contributed by atoms with Crippen LogP contribution in [0.3, 0.4) is 0 Å². The molecule has 5 heteroatoms. The zero-order valence-electron chi connectivity index (χ0n) is 9.01. The first kappa shape index (κ1) is 9.08. The summed E-state index contributed by atoms with van der Waals surface area (Å²) in [5.41, 5.74) is 2.87. The molecule has 0 aliphatic heterocycles. The highest BCUT2D eigenvalue weighted by Gasteiger charge is 2.07. The van der Waals surface area contributed by atoms with Gasteiger partial charge in [-0.3, -0.25) is 0 Å². The van der Waals surface area contributed by atoms with Gasteiger partial charge >= 0.3 is 0 Å². The summed E-state index contributed by atoms with van der Waals surface area (Å²) in [6.45, 7) is 3.78. The zero-order chi connectivity index (χ0) is 11.1. The molecular formula is C11H10N4O. The third kappa shape index (κ3) is 1.29. The lowest BCUT2D eigenvalue weighted by molar-refractivity contribution is 0.532. The van der Waals surface area contributed by atoms with Crippen molar-refractivity contribution in [2.75, 3.05) is 0 Å². The minimum absolute atomic E-state index is 0.528. The molecule has 0 fully saturated rings. The number of hydrogen-bond acceptors (Lipinski definition) is 4. The fraction of sp³-hybridized carbons (Fsp3) is 0.182. The predicted molar refractivity (Wildman–Crippen MR) is 58.0 cm³/mol. The molecule has 3 heterocycles. The molecule has 0 aliphatic rings. The van der Waals surface area contributed by atoms with Crippen LogP contribution in [0.4, 0.5) is 0 Å². The number of hydrogen-bond donors (Lipinski definition) is 0. The standard InChI is InChI=1S/C11H10N4O/c1-7-6-12-10-5-9(3-4-15(7)10)11-14-13-8(2)16-11/h3-6H,1-2H3. The van der Waals surface area contributed by atoms with E-state index in [1.807, 2.05) is 35.9 Å². The van der Waals surface area contributed by atoms with E-state index in [2.05, 4.69) is 15.2 Å². The average molecular weight is 214 g/mol. The Morgan fingerprint density at radius 2 is 2.12 bits per heavy atom. The number of pyridine rings is 1. The summed E-state index contributed by atoms with van der Waals surface area (Å²) in [4.78, 5) is 4.28. The lowest BCUT2D eigenvalue weighted by atomic mass is 10.2. The van der Waals surface area contributed by atoms with Gasteiger partial charge in [-0.15, -0.1) is 10.2 Å². The highest BCUT2D eigenvalue weighted by atomic mass is 16.4. The van der Waals surface area contributed by atoms with Gasteiger partial charge in [0.05, 0.1) is 0 Å². The summed E-state index contributed by atoms with van der Waals surface area (Å²) in [6.07, 6.45) is 3.78. The fourth-order valence-electron chi connectivity index (χ4n) is 1.65. The second-order valence-electron chi connectivity index (χ2n) is 3.67. The molecule has 0 radical (unpaired) electrons. The molecule has 3 aromatic rings. The molecule has 0 aliphatic carbocycles. The maximum absolute atomic E-state index is 5.37. The summed E-state index contributed by atoms with van der Waals surface area (Å²) in [5, 5.41) is 7.78. The van der Waals surface area contributed by atoms with Crippen LogP contribution in [0.2, 0.25) is 0 Å². The monoisotopic (exact) mass is 214 g/mol. The van der Waals surface area contributed by atoms with Crippen LogP contribution < -0.4 is 0 Å². The molecule has 3 aromatic heterocycles. The number of imidazole rings is 1. The minimum Gasteiger partial charge on any atom is -0.421 e. The van der Waals surface area contributed by atoms with Crippen LogP contribution in [0, 0.1) is 13.8 Å². The molecule has 3 rings (SSSR count). The molecule has 0 aromatic carbocycles. The molecule has 5 nitrogen and oxygen atoms in total. The normalized spacial score (nSPS) is 11.1. The van der Waals surface area contributed by atoms with E-state index in [-0.39, 0.29) is 0 Å². The van der Waals surface area contributed by atoms with E-state index in [1.165, 1.54) is 0 Å². The van der Waals surface area contributed by atoms with Crippen molar-refractivity contribution in [3.63, 3.8) is 0 Å². The van der Waals surface area contributed by atoms with Gasteiger partial charge in [-0.25, -0.2) is 4.98 Å². The van der Waals surface area contributed by atoms with Crippen LogP contribution in [-0.4, -0.2) is 19.6 Å². The van der Waals surface area contributed by atoms with E-state index in [9.17, 15) is 0 Å². The van der Waals surface area contributed by atoms with Crippen LogP contribution in [0.1, 0.15) is 11.6 Å². The molecular weight excluding hydrogens is 204 g/mol. The van der Waals surface area contributed by atoms with Crippen molar-refractivity contribution < 1.29 is 4.42 Å². The van der Waals surface area contributed by atoms with E-state index in [0.29, 0.717) is 11.8 Å². The van der Waals surface area contributed by atoms with Gasteiger partial charge in [-0.2, -0.15) is 0 Å². The predicted octanol–water partition coefficient (Wildman–Crippen LogP) is 2.00. The molecule has 0 saturated heterocycles.